The van der Waals surface area contributed by atoms with Crippen molar-refractivity contribution in [2.24, 2.45) is 14.1 Å². The number of benzene rings is 2. The van der Waals surface area contributed by atoms with Gasteiger partial charge in [-0.15, -0.1) is 0 Å². The zero-order chi connectivity index (χ0) is 26.4. The topological polar surface area (TPSA) is 117 Å². The van der Waals surface area contributed by atoms with Gasteiger partial charge < -0.3 is 24.8 Å². The van der Waals surface area contributed by atoms with E-state index in [1.807, 2.05) is 44.3 Å². The molecule has 0 radical (unpaired) electrons. The van der Waals surface area contributed by atoms with Crippen LogP contribution in [0.3, 0.4) is 0 Å². The number of ketones is 1. The van der Waals surface area contributed by atoms with E-state index in [4.69, 9.17) is 14.2 Å². The van der Waals surface area contributed by atoms with Crippen LogP contribution in [0.5, 0.6) is 11.6 Å². The van der Waals surface area contributed by atoms with E-state index in [1.165, 1.54) is 0 Å². The first-order valence-electron chi connectivity index (χ1n) is 11.8. The van der Waals surface area contributed by atoms with E-state index in [9.17, 15) is 4.79 Å². The molecule has 0 bridgehead atoms. The van der Waals surface area contributed by atoms with Crippen molar-refractivity contribution in [1.82, 2.24) is 24.5 Å². The van der Waals surface area contributed by atoms with Crippen LogP contribution in [0.2, 0.25) is 0 Å². The Morgan fingerprint density at radius 1 is 1.00 bits per heavy atom. The Morgan fingerprint density at radius 2 is 1.84 bits per heavy atom. The number of methoxy groups -OCH3 is 2. The van der Waals surface area contributed by atoms with Crippen LogP contribution in [0.15, 0.2) is 48.8 Å². The van der Waals surface area contributed by atoms with Crippen LogP contribution < -0.4 is 20.1 Å². The van der Waals surface area contributed by atoms with Crippen LogP contribution in [0.1, 0.15) is 23.7 Å². The van der Waals surface area contributed by atoms with Crippen molar-refractivity contribution in [3.63, 3.8) is 0 Å². The highest BCUT2D eigenvalue weighted by Crippen LogP contribution is 2.38. The Hall–Kier alpha value is -4.38. The first-order valence-corrected chi connectivity index (χ1v) is 11.8. The number of nitrogens with one attached hydrogen (secondary N) is 2. The molecule has 0 fully saturated rings. The molecule has 0 saturated carbocycles. The number of Topliss-reactive ketones (excluding diaryl/α,β-unsaturated/α-hetero) is 1. The molecule has 2 heterocycles. The number of carbonyl (C=O) groups excluding carboxylic acids is 1. The number of hydrogen-bond acceptors (Lipinski definition) is 9. The summed E-state index contributed by atoms with van der Waals surface area (Å²) in [6.45, 7) is 2.74. The number of rotatable bonds is 12. The van der Waals surface area contributed by atoms with Crippen LogP contribution in [-0.4, -0.2) is 57.8 Å². The van der Waals surface area contributed by atoms with Gasteiger partial charge in [0.1, 0.15) is 12.9 Å². The largest absolute Gasteiger partial charge is 0.494 e. The van der Waals surface area contributed by atoms with Crippen molar-refractivity contribution in [2.75, 3.05) is 38.1 Å². The van der Waals surface area contributed by atoms with E-state index in [0.717, 1.165) is 11.3 Å². The molecule has 0 aliphatic heterocycles. The summed E-state index contributed by atoms with van der Waals surface area (Å²) in [5, 5.41) is 15.5. The maximum Gasteiger partial charge on any atom is 0.213 e. The summed E-state index contributed by atoms with van der Waals surface area (Å²) < 4.78 is 19.7. The fourth-order valence-electron chi connectivity index (χ4n) is 3.82. The highest BCUT2D eigenvalue weighted by atomic mass is 16.5. The molecule has 4 rings (SSSR count). The molecule has 0 atom stereocenters. The molecule has 0 aliphatic rings. The second-order valence-electron chi connectivity index (χ2n) is 8.25. The predicted molar refractivity (Wildman–Crippen MR) is 141 cm³/mol. The molecular weight excluding hydrogens is 474 g/mol. The second kappa shape index (κ2) is 11.6. The molecule has 2 aromatic carbocycles. The third-order valence-electron chi connectivity index (χ3n) is 5.62. The van der Waals surface area contributed by atoms with Gasteiger partial charge in [0.25, 0.3) is 0 Å². The smallest absolute Gasteiger partial charge is 0.213 e. The monoisotopic (exact) mass is 505 g/mol. The third-order valence-corrected chi connectivity index (χ3v) is 5.62. The van der Waals surface area contributed by atoms with Gasteiger partial charge in [-0.2, -0.15) is 10.2 Å². The third kappa shape index (κ3) is 5.89. The van der Waals surface area contributed by atoms with Crippen LogP contribution in [0, 0.1) is 0 Å². The number of para-hydroxylation sites is 1. The Kier molecular flexibility index (Phi) is 8.04. The molecule has 37 heavy (non-hydrogen) atoms. The minimum Gasteiger partial charge on any atom is -0.494 e. The number of hydrogen-bond donors (Lipinski definition) is 2. The van der Waals surface area contributed by atoms with E-state index < -0.39 is 0 Å². The first kappa shape index (κ1) is 25.7. The first-order chi connectivity index (χ1) is 17.9. The average Bonchev–Trinajstić information content (AvgIpc) is 3.48. The van der Waals surface area contributed by atoms with Crippen molar-refractivity contribution < 1.29 is 19.0 Å². The van der Waals surface area contributed by atoms with Gasteiger partial charge in [-0.05, 0) is 30.3 Å². The van der Waals surface area contributed by atoms with Crippen LogP contribution >= 0.6 is 0 Å². The summed E-state index contributed by atoms with van der Waals surface area (Å²) >= 11 is 0. The molecule has 0 spiro atoms. The molecule has 194 valence electrons. The van der Waals surface area contributed by atoms with Gasteiger partial charge in [0.05, 0.1) is 30.7 Å². The molecule has 11 heteroatoms. The molecule has 11 nitrogen and oxygen atoms in total. The van der Waals surface area contributed by atoms with E-state index in [2.05, 4.69) is 25.8 Å². The van der Waals surface area contributed by atoms with Gasteiger partial charge in [0, 0.05) is 44.9 Å². The normalized spacial score (nSPS) is 10.8. The maximum absolute atomic E-state index is 12.8. The molecule has 0 amide bonds. The van der Waals surface area contributed by atoms with Gasteiger partial charge in [-0.1, -0.05) is 13.0 Å². The summed E-state index contributed by atoms with van der Waals surface area (Å²) in [5.74, 6) is 2.35. The van der Waals surface area contributed by atoms with Crippen molar-refractivity contribution in [1.29, 1.82) is 0 Å². The summed E-state index contributed by atoms with van der Waals surface area (Å²) in [5.41, 5.74) is 3.37. The summed E-state index contributed by atoms with van der Waals surface area (Å²) in [4.78, 5) is 17.1. The minimum atomic E-state index is 0.0160. The van der Waals surface area contributed by atoms with Crippen LogP contribution in [0.4, 0.5) is 22.9 Å². The molecule has 2 aromatic heterocycles. The number of aryl methyl sites for hydroxylation is 2. The predicted octanol–water partition coefficient (Wildman–Crippen LogP) is 4.33. The zero-order valence-electron chi connectivity index (χ0n) is 21.6. The summed E-state index contributed by atoms with van der Waals surface area (Å²) in [6.07, 6.45) is 2.01. The summed E-state index contributed by atoms with van der Waals surface area (Å²) in [7, 11) is 6.83. The molecule has 0 unspecified atom stereocenters. The van der Waals surface area contributed by atoms with E-state index in [1.54, 1.807) is 49.1 Å². The van der Waals surface area contributed by atoms with Gasteiger partial charge in [-0.3, -0.25) is 9.48 Å². The van der Waals surface area contributed by atoms with Crippen molar-refractivity contribution in [3.05, 3.63) is 54.4 Å². The minimum absolute atomic E-state index is 0.0160. The highest BCUT2D eigenvalue weighted by Gasteiger charge is 2.17. The lowest BCUT2D eigenvalue weighted by atomic mass is 10.0. The average molecular weight is 506 g/mol. The fourth-order valence-corrected chi connectivity index (χ4v) is 3.82. The second-order valence-corrected chi connectivity index (χ2v) is 8.25. The van der Waals surface area contributed by atoms with E-state index >= 15 is 0 Å². The molecule has 2 N–H and O–H groups in total. The van der Waals surface area contributed by atoms with Crippen LogP contribution in [0.25, 0.3) is 11.4 Å². The van der Waals surface area contributed by atoms with Gasteiger partial charge in [0.2, 0.25) is 5.88 Å². The molecule has 0 aliphatic carbocycles. The molecular formula is C26H31N7O4. The Balaban J connectivity index is 1.65. The van der Waals surface area contributed by atoms with Crippen molar-refractivity contribution in [2.45, 2.75) is 13.3 Å². The molecule has 0 saturated heterocycles. The lowest BCUT2D eigenvalue weighted by Crippen LogP contribution is -2.07. The SMILES string of the molecule is CCC(=O)c1ccc(Nc2cc(OCCOC)n(C)n2)cc1Nc1cccc(-c2ncn(C)n2)c1OC. The quantitative estimate of drug-likeness (QED) is 0.214. The fraction of sp³-hybridized carbons (Fsp3) is 0.308. The Labute approximate surface area is 215 Å². The van der Waals surface area contributed by atoms with Crippen LogP contribution in [-0.2, 0) is 18.8 Å². The standard InChI is InChI=1S/C26H31N7O4/c1-6-22(34)18-11-10-17(28-23-15-24(33(3)30-23)37-13-12-35-4)14-21(18)29-20-9-7-8-19(25(20)36-5)26-27-16-32(2)31-26/h7-11,14-16,29H,6,12-13H2,1-5H3,(H,28,30). The van der Waals surface area contributed by atoms with Crippen molar-refractivity contribution >= 4 is 28.7 Å². The zero-order valence-corrected chi connectivity index (χ0v) is 21.6. The highest BCUT2D eigenvalue weighted by molar-refractivity contribution is 6.02. The molecule has 4 aromatic rings. The lowest BCUT2D eigenvalue weighted by Gasteiger charge is -2.17. The van der Waals surface area contributed by atoms with Gasteiger partial charge in [0.15, 0.2) is 23.2 Å². The van der Waals surface area contributed by atoms with Gasteiger partial charge in [-0.25, -0.2) is 9.67 Å². The van der Waals surface area contributed by atoms with E-state index in [-0.39, 0.29) is 5.78 Å². The number of anilines is 4. The number of nitrogens with zero attached hydrogens (tertiary/aromatic N) is 5. The maximum atomic E-state index is 12.8. The number of ether oxygens (including phenoxy) is 3. The van der Waals surface area contributed by atoms with Gasteiger partial charge >= 0.3 is 0 Å². The Bertz CT molecular complexity index is 1380. The van der Waals surface area contributed by atoms with E-state index in [0.29, 0.717) is 59.8 Å². The number of carbonyl (C=O) groups is 1. The Morgan fingerprint density at radius 3 is 2.54 bits per heavy atom. The van der Waals surface area contributed by atoms with Crippen molar-refractivity contribution in [3.8, 4) is 23.0 Å². The lowest BCUT2D eigenvalue weighted by molar-refractivity contribution is 0.0989. The number of aromatic nitrogens is 5. The summed E-state index contributed by atoms with van der Waals surface area (Å²) in [6, 6.07) is 13.0.